The Morgan fingerprint density at radius 1 is 0.400 bits per heavy atom. The van der Waals surface area contributed by atoms with E-state index < -0.39 is 0 Å². The third-order valence-electron chi connectivity index (χ3n) is 9.36. The van der Waals surface area contributed by atoms with Gasteiger partial charge in [0.2, 0.25) is 0 Å². The van der Waals surface area contributed by atoms with Gasteiger partial charge in [-0.2, -0.15) is 0 Å². The summed E-state index contributed by atoms with van der Waals surface area (Å²) in [6, 6.07) is 47.4. The van der Waals surface area contributed by atoms with Crippen LogP contribution in [-0.2, 0) is 5.41 Å². The van der Waals surface area contributed by atoms with Crippen LogP contribution in [0.1, 0.15) is 25.0 Å². The fourth-order valence-corrected chi connectivity index (χ4v) is 7.48. The molecule has 0 spiro atoms. The minimum atomic E-state index is -0.0216. The molecular weight excluding hydrogens is 482 g/mol. The van der Waals surface area contributed by atoms with Crippen LogP contribution in [0.15, 0.2) is 127 Å². The molecule has 8 aromatic rings. The van der Waals surface area contributed by atoms with Crippen molar-refractivity contribution in [2.45, 2.75) is 19.3 Å². The molecule has 1 nitrogen and oxygen atoms in total. The normalized spacial score (nSPS) is 13.9. The van der Waals surface area contributed by atoms with Gasteiger partial charge in [-0.15, -0.1) is 0 Å². The van der Waals surface area contributed by atoms with E-state index >= 15 is 0 Å². The molecule has 0 radical (unpaired) electrons. The number of aromatic nitrogens is 1. The third kappa shape index (κ3) is 2.72. The standard InChI is InChI=1S/C39H27N/c1-39(2)35-17-9-7-15-30(35)33-23-38-34(22-36(33)39)31-16-8-10-18-37(31)40(38)24-19-20-29-27-13-4-3-11-25(27)26-12-5-6-14-28(26)32(29)21-24/h3-23H,1-2H3. The Kier molecular flexibility index (Phi) is 4.18. The predicted octanol–water partition coefficient (Wildman–Crippen LogP) is 10.5. The second-order valence-corrected chi connectivity index (χ2v) is 11.8. The van der Waals surface area contributed by atoms with Gasteiger partial charge in [0, 0.05) is 21.9 Å². The van der Waals surface area contributed by atoms with Crippen LogP contribution in [0.25, 0.3) is 70.9 Å². The van der Waals surface area contributed by atoms with Crippen LogP contribution in [-0.4, -0.2) is 4.57 Å². The van der Waals surface area contributed by atoms with Gasteiger partial charge in [-0.1, -0.05) is 111 Å². The SMILES string of the molecule is CC1(C)c2ccccc2-c2cc3c(cc21)c1ccccc1n3-c1ccc2c3ccccc3c3ccccc3c2c1. The summed E-state index contributed by atoms with van der Waals surface area (Å²) in [7, 11) is 0. The minimum Gasteiger partial charge on any atom is -0.309 e. The molecule has 1 aliphatic carbocycles. The first kappa shape index (κ1) is 22.0. The molecule has 1 aliphatic rings. The summed E-state index contributed by atoms with van der Waals surface area (Å²) in [5, 5.41) is 10.4. The van der Waals surface area contributed by atoms with E-state index in [9.17, 15) is 0 Å². The fourth-order valence-electron chi connectivity index (χ4n) is 7.48. The molecule has 0 bridgehead atoms. The maximum absolute atomic E-state index is 2.47. The summed E-state index contributed by atoms with van der Waals surface area (Å²) < 4.78 is 2.47. The summed E-state index contributed by atoms with van der Waals surface area (Å²) in [6.07, 6.45) is 0. The summed E-state index contributed by atoms with van der Waals surface area (Å²) in [4.78, 5) is 0. The molecule has 0 saturated carbocycles. The smallest absolute Gasteiger partial charge is 0.0547 e. The molecule has 7 aromatic carbocycles. The summed E-state index contributed by atoms with van der Waals surface area (Å²) in [5.41, 5.74) is 9.23. The van der Waals surface area contributed by atoms with Crippen LogP contribution >= 0.6 is 0 Å². The van der Waals surface area contributed by atoms with Crippen LogP contribution < -0.4 is 0 Å². The van der Waals surface area contributed by atoms with Gasteiger partial charge in [0.25, 0.3) is 0 Å². The highest BCUT2D eigenvalue weighted by atomic mass is 15.0. The number of rotatable bonds is 1. The summed E-state index contributed by atoms with van der Waals surface area (Å²) in [5.74, 6) is 0. The summed E-state index contributed by atoms with van der Waals surface area (Å²) in [6.45, 7) is 4.73. The molecule has 9 rings (SSSR count). The maximum Gasteiger partial charge on any atom is 0.0547 e. The number of nitrogens with zero attached hydrogens (tertiary/aromatic N) is 1. The lowest BCUT2D eigenvalue weighted by atomic mass is 9.82. The number of hydrogen-bond acceptors (Lipinski definition) is 0. The van der Waals surface area contributed by atoms with Gasteiger partial charge in [0.05, 0.1) is 11.0 Å². The van der Waals surface area contributed by atoms with E-state index in [2.05, 4.69) is 146 Å². The van der Waals surface area contributed by atoms with Gasteiger partial charge in [-0.3, -0.25) is 0 Å². The number of fused-ring (bicyclic) bond motifs is 12. The molecule has 0 N–H and O–H groups in total. The molecule has 0 fully saturated rings. The van der Waals surface area contributed by atoms with Gasteiger partial charge in [-0.05, 0) is 84.9 Å². The van der Waals surface area contributed by atoms with E-state index in [1.165, 1.54) is 82.1 Å². The highest BCUT2D eigenvalue weighted by Gasteiger charge is 2.36. The average Bonchev–Trinajstić information content (AvgIpc) is 3.44. The van der Waals surface area contributed by atoms with Crippen molar-refractivity contribution in [1.29, 1.82) is 0 Å². The molecule has 188 valence electrons. The lowest BCUT2D eigenvalue weighted by Crippen LogP contribution is -2.14. The van der Waals surface area contributed by atoms with Gasteiger partial charge in [-0.25, -0.2) is 0 Å². The van der Waals surface area contributed by atoms with Crippen LogP contribution in [0.4, 0.5) is 0 Å². The second kappa shape index (κ2) is 7.61. The van der Waals surface area contributed by atoms with Crippen LogP contribution in [0.5, 0.6) is 0 Å². The Labute approximate surface area is 232 Å². The van der Waals surface area contributed by atoms with Crippen LogP contribution in [0.3, 0.4) is 0 Å². The topological polar surface area (TPSA) is 4.93 Å². The number of hydrogen-bond donors (Lipinski definition) is 0. The first-order chi connectivity index (χ1) is 19.6. The minimum absolute atomic E-state index is 0.0216. The van der Waals surface area contributed by atoms with Crippen LogP contribution in [0, 0.1) is 0 Å². The van der Waals surface area contributed by atoms with E-state index in [0.717, 1.165) is 0 Å². The molecule has 1 heterocycles. The van der Waals surface area contributed by atoms with E-state index in [4.69, 9.17) is 0 Å². The molecule has 0 saturated heterocycles. The van der Waals surface area contributed by atoms with E-state index in [-0.39, 0.29) is 5.41 Å². The van der Waals surface area contributed by atoms with E-state index in [1.807, 2.05) is 0 Å². The first-order valence-corrected chi connectivity index (χ1v) is 14.1. The van der Waals surface area contributed by atoms with E-state index in [1.54, 1.807) is 0 Å². The van der Waals surface area contributed by atoms with Gasteiger partial charge in [0.1, 0.15) is 0 Å². The third-order valence-corrected chi connectivity index (χ3v) is 9.36. The number of benzene rings is 7. The van der Waals surface area contributed by atoms with Crippen molar-refractivity contribution in [2.24, 2.45) is 0 Å². The average molecular weight is 510 g/mol. The zero-order valence-corrected chi connectivity index (χ0v) is 22.6. The Balaban J connectivity index is 1.41. The molecule has 40 heavy (non-hydrogen) atoms. The summed E-state index contributed by atoms with van der Waals surface area (Å²) >= 11 is 0. The van der Waals surface area contributed by atoms with Crippen molar-refractivity contribution in [1.82, 2.24) is 4.57 Å². The lowest BCUT2D eigenvalue weighted by molar-refractivity contribution is 0.661. The highest BCUT2D eigenvalue weighted by Crippen LogP contribution is 2.51. The molecule has 0 aliphatic heterocycles. The van der Waals surface area contributed by atoms with Crippen molar-refractivity contribution in [3.8, 4) is 16.8 Å². The zero-order valence-electron chi connectivity index (χ0n) is 22.6. The van der Waals surface area contributed by atoms with E-state index in [0.29, 0.717) is 0 Å². The second-order valence-electron chi connectivity index (χ2n) is 11.8. The highest BCUT2D eigenvalue weighted by molar-refractivity contribution is 6.25. The molecule has 0 unspecified atom stereocenters. The quantitative estimate of drug-likeness (QED) is 0.194. The molecule has 0 amide bonds. The lowest BCUT2D eigenvalue weighted by Gasteiger charge is -2.21. The fraction of sp³-hybridized carbons (Fsp3) is 0.0769. The Bertz CT molecular complexity index is 2310. The molecule has 1 heteroatoms. The Morgan fingerprint density at radius 3 is 1.70 bits per heavy atom. The van der Waals surface area contributed by atoms with Crippen molar-refractivity contribution in [3.63, 3.8) is 0 Å². The monoisotopic (exact) mass is 509 g/mol. The van der Waals surface area contributed by atoms with Gasteiger partial charge >= 0.3 is 0 Å². The van der Waals surface area contributed by atoms with Crippen molar-refractivity contribution in [2.75, 3.05) is 0 Å². The Morgan fingerprint density at radius 2 is 0.975 bits per heavy atom. The Hall–Kier alpha value is -4.88. The largest absolute Gasteiger partial charge is 0.309 e. The molecule has 1 aromatic heterocycles. The molecular formula is C39H27N. The van der Waals surface area contributed by atoms with Gasteiger partial charge < -0.3 is 4.57 Å². The van der Waals surface area contributed by atoms with Crippen LogP contribution in [0.2, 0.25) is 0 Å². The zero-order chi connectivity index (χ0) is 26.6. The van der Waals surface area contributed by atoms with Crippen molar-refractivity contribution < 1.29 is 0 Å². The van der Waals surface area contributed by atoms with Crippen molar-refractivity contribution >= 4 is 54.1 Å². The predicted molar refractivity (Wildman–Crippen MR) is 171 cm³/mol. The van der Waals surface area contributed by atoms with Crippen molar-refractivity contribution in [3.05, 3.63) is 139 Å². The van der Waals surface area contributed by atoms with Gasteiger partial charge in [0.15, 0.2) is 0 Å². The number of para-hydroxylation sites is 1. The first-order valence-electron chi connectivity index (χ1n) is 14.1. The molecule has 0 atom stereocenters. The maximum atomic E-state index is 2.47.